The fraction of sp³-hybridized carbons (Fsp3) is 0.400. The second-order valence-corrected chi connectivity index (χ2v) is 4.83. The third-order valence-corrected chi connectivity index (χ3v) is 3.56. The van der Waals surface area contributed by atoms with Gasteiger partial charge in [-0.3, -0.25) is 0 Å². The summed E-state index contributed by atoms with van der Waals surface area (Å²) in [5, 5.41) is 5.67. The lowest BCUT2D eigenvalue weighted by Crippen LogP contribution is -2.12. The number of hydrogen-bond acceptors (Lipinski definition) is 3. The fourth-order valence-corrected chi connectivity index (χ4v) is 2.49. The third kappa shape index (κ3) is 2.46. The van der Waals surface area contributed by atoms with E-state index in [0.29, 0.717) is 0 Å². The van der Waals surface area contributed by atoms with Crippen LogP contribution in [-0.2, 0) is 0 Å². The molecule has 2 aromatic rings. The maximum atomic E-state index is 5.84. The van der Waals surface area contributed by atoms with Crippen LogP contribution in [0.15, 0.2) is 36.5 Å². The molecule has 1 saturated heterocycles. The number of nitrogens with zero attached hydrogens (tertiary/aromatic N) is 1. The number of fused-ring (bicyclic) bond motifs is 1. The van der Waals surface area contributed by atoms with Crippen molar-refractivity contribution in [3.05, 3.63) is 36.5 Å². The number of ether oxygens (including phenoxy) is 1. The summed E-state index contributed by atoms with van der Waals surface area (Å²) < 4.78 is 5.84. The number of aromatic nitrogens is 1. The van der Waals surface area contributed by atoms with E-state index in [9.17, 15) is 0 Å². The molecule has 1 aliphatic rings. The predicted octanol–water partition coefficient (Wildman–Crippen LogP) is 2.61. The van der Waals surface area contributed by atoms with E-state index in [4.69, 9.17) is 4.74 Å². The molecule has 1 fully saturated rings. The van der Waals surface area contributed by atoms with Gasteiger partial charge in [-0.25, -0.2) is 4.98 Å². The Balaban J connectivity index is 1.66. The lowest BCUT2D eigenvalue weighted by atomic mass is 10.1. The molecule has 0 spiro atoms. The van der Waals surface area contributed by atoms with Crippen molar-refractivity contribution >= 4 is 10.8 Å². The highest BCUT2D eigenvalue weighted by molar-refractivity contribution is 5.86. The molecular weight excluding hydrogens is 224 g/mol. The van der Waals surface area contributed by atoms with Crippen molar-refractivity contribution in [3.63, 3.8) is 0 Å². The van der Waals surface area contributed by atoms with Crippen LogP contribution in [0.25, 0.3) is 10.8 Å². The first kappa shape index (κ1) is 11.5. The van der Waals surface area contributed by atoms with E-state index in [-0.39, 0.29) is 0 Å². The van der Waals surface area contributed by atoms with Crippen molar-refractivity contribution in [2.24, 2.45) is 5.92 Å². The summed E-state index contributed by atoms with van der Waals surface area (Å²) in [5.74, 6) is 1.53. The molecule has 1 aromatic carbocycles. The van der Waals surface area contributed by atoms with Gasteiger partial charge in [0, 0.05) is 11.6 Å². The van der Waals surface area contributed by atoms with Crippen LogP contribution in [0.1, 0.15) is 12.8 Å². The second-order valence-electron chi connectivity index (χ2n) is 4.83. The Bertz CT molecular complexity index is 515. The van der Waals surface area contributed by atoms with Gasteiger partial charge in [-0.2, -0.15) is 0 Å². The number of rotatable bonds is 4. The minimum atomic E-state index is 0.757. The zero-order valence-corrected chi connectivity index (χ0v) is 10.4. The topological polar surface area (TPSA) is 34.1 Å². The van der Waals surface area contributed by atoms with E-state index < -0.39 is 0 Å². The van der Waals surface area contributed by atoms with Crippen LogP contribution >= 0.6 is 0 Å². The molecule has 3 heteroatoms. The molecule has 0 bridgehead atoms. The molecule has 1 aromatic heterocycles. The number of benzene rings is 1. The summed E-state index contributed by atoms with van der Waals surface area (Å²) in [6.07, 6.45) is 4.19. The first-order valence-electron chi connectivity index (χ1n) is 6.61. The smallest absolute Gasteiger partial charge is 0.221 e. The van der Waals surface area contributed by atoms with Crippen LogP contribution in [0.2, 0.25) is 0 Å². The van der Waals surface area contributed by atoms with Gasteiger partial charge in [0.2, 0.25) is 5.88 Å². The average Bonchev–Trinajstić information content (AvgIpc) is 2.92. The molecule has 1 unspecified atom stereocenters. The molecular formula is C15H18N2O. The van der Waals surface area contributed by atoms with Crippen molar-refractivity contribution in [1.82, 2.24) is 10.3 Å². The summed E-state index contributed by atoms with van der Waals surface area (Å²) in [7, 11) is 0. The van der Waals surface area contributed by atoms with Gasteiger partial charge in [-0.15, -0.1) is 0 Å². The van der Waals surface area contributed by atoms with Crippen molar-refractivity contribution in [1.29, 1.82) is 0 Å². The molecule has 0 amide bonds. The molecule has 2 heterocycles. The van der Waals surface area contributed by atoms with Gasteiger partial charge in [0.05, 0.1) is 6.61 Å². The zero-order valence-electron chi connectivity index (χ0n) is 10.4. The van der Waals surface area contributed by atoms with Crippen molar-refractivity contribution in [3.8, 4) is 5.88 Å². The van der Waals surface area contributed by atoms with Gasteiger partial charge >= 0.3 is 0 Å². The van der Waals surface area contributed by atoms with E-state index in [1.165, 1.54) is 11.8 Å². The van der Waals surface area contributed by atoms with Gasteiger partial charge < -0.3 is 10.1 Å². The molecule has 0 aliphatic carbocycles. The first-order valence-corrected chi connectivity index (χ1v) is 6.61. The molecule has 0 saturated carbocycles. The van der Waals surface area contributed by atoms with E-state index in [1.54, 1.807) is 0 Å². The molecule has 0 radical (unpaired) electrons. The van der Waals surface area contributed by atoms with Crippen molar-refractivity contribution in [2.45, 2.75) is 12.8 Å². The highest BCUT2D eigenvalue weighted by Gasteiger charge is 2.14. The molecule has 1 aliphatic heterocycles. The van der Waals surface area contributed by atoms with E-state index in [0.717, 1.165) is 43.3 Å². The summed E-state index contributed by atoms with van der Waals surface area (Å²) in [5.41, 5.74) is 0. The third-order valence-electron chi connectivity index (χ3n) is 3.56. The van der Waals surface area contributed by atoms with Gasteiger partial charge in [-0.1, -0.05) is 18.2 Å². The van der Waals surface area contributed by atoms with Crippen LogP contribution in [0.3, 0.4) is 0 Å². The van der Waals surface area contributed by atoms with Crippen molar-refractivity contribution < 1.29 is 4.74 Å². The predicted molar refractivity (Wildman–Crippen MR) is 72.8 cm³/mol. The van der Waals surface area contributed by atoms with E-state index in [2.05, 4.69) is 22.4 Å². The highest BCUT2D eigenvalue weighted by Crippen LogP contribution is 2.23. The summed E-state index contributed by atoms with van der Waals surface area (Å²) >= 11 is 0. The maximum absolute atomic E-state index is 5.84. The van der Waals surface area contributed by atoms with Crippen LogP contribution in [-0.4, -0.2) is 24.7 Å². The summed E-state index contributed by atoms with van der Waals surface area (Å²) in [6, 6.07) is 10.2. The van der Waals surface area contributed by atoms with E-state index in [1.807, 2.05) is 24.4 Å². The van der Waals surface area contributed by atoms with Crippen LogP contribution in [0, 0.1) is 5.92 Å². The van der Waals surface area contributed by atoms with Crippen LogP contribution in [0.4, 0.5) is 0 Å². The minimum Gasteiger partial charge on any atom is -0.477 e. The summed E-state index contributed by atoms with van der Waals surface area (Å²) in [6.45, 7) is 3.04. The molecule has 94 valence electrons. The molecule has 1 N–H and O–H groups in total. The van der Waals surface area contributed by atoms with Gasteiger partial charge in [0.1, 0.15) is 0 Å². The number of nitrogens with one attached hydrogen (secondary N) is 1. The van der Waals surface area contributed by atoms with Crippen LogP contribution in [0.5, 0.6) is 5.88 Å². The largest absolute Gasteiger partial charge is 0.477 e. The Labute approximate surface area is 107 Å². The second kappa shape index (κ2) is 5.36. The Kier molecular flexibility index (Phi) is 3.42. The Morgan fingerprint density at radius 1 is 1.28 bits per heavy atom. The van der Waals surface area contributed by atoms with Gasteiger partial charge in [-0.05, 0) is 49.4 Å². The SMILES string of the molecule is c1ccc2c(OCCC3CCNC3)nccc2c1. The fourth-order valence-electron chi connectivity index (χ4n) is 2.49. The number of pyridine rings is 1. The van der Waals surface area contributed by atoms with Crippen molar-refractivity contribution in [2.75, 3.05) is 19.7 Å². The monoisotopic (exact) mass is 242 g/mol. The number of hydrogen-bond donors (Lipinski definition) is 1. The Morgan fingerprint density at radius 3 is 3.11 bits per heavy atom. The summed E-state index contributed by atoms with van der Waals surface area (Å²) in [4.78, 5) is 4.33. The quantitative estimate of drug-likeness (QED) is 0.895. The normalized spacial score (nSPS) is 19.2. The van der Waals surface area contributed by atoms with Gasteiger partial charge in [0.15, 0.2) is 0 Å². The van der Waals surface area contributed by atoms with Gasteiger partial charge in [0.25, 0.3) is 0 Å². The minimum absolute atomic E-state index is 0.757. The van der Waals surface area contributed by atoms with E-state index >= 15 is 0 Å². The Morgan fingerprint density at radius 2 is 2.22 bits per heavy atom. The molecule has 3 rings (SSSR count). The molecule has 3 nitrogen and oxygen atoms in total. The molecule has 18 heavy (non-hydrogen) atoms. The lowest BCUT2D eigenvalue weighted by molar-refractivity contribution is 0.277. The standard InChI is InChI=1S/C15H18N2O/c1-2-4-14-13(3-1)6-9-17-15(14)18-10-7-12-5-8-16-11-12/h1-4,6,9,12,16H,5,7-8,10-11H2. The lowest BCUT2D eigenvalue weighted by Gasteiger charge is -2.10. The highest BCUT2D eigenvalue weighted by atomic mass is 16.5. The van der Waals surface area contributed by atoms with Crippen LogP contribution < -0.4 is 10.1 Å². The Hall–Kier alpha value is -1.61. The average molecular weight is 242 g/mol. The zero-order chi connectivity index (χ0) is 12.2. The maximum Gasteiger partial charge on any atom is 0.221 e. The molecule has 1 atom stereocenters. The first-order chi connectivity index (χ1) is 8.93.